The van der Waals surface area contributed by atoms with Crippen molar-refractivity contribution in [3.8, 4) is 0 Å². The summed E-state index contributed by atoms with van der Waals surface area (Å²) in [4.78, 5) is 33.5. The van der Waals surface area contributed by atoms with E-state index in [2.05, 4.69) is 20.6 Å². The van der Waals surface area contributed by atoms with Crippen molar-refractivity contribution in [2.45, 2.75) is 32.7 Å². The quantitative estimate of drug-likeness (QED) is 0.775. The van der Waals surface area contributed by atoms with Crippen LogP contribution in [0.3, 0.4) is 0 Å². The van der Waals surface area contributed by atoms with Crippen LogP contribution >= 0.6 is 12.4 Å². The van der Waals surface area contributed by atoms with Crippen molar-refractivity contribution in [3.63, 3.8) is 0 Å². The minimum Gasteiger partial charge on any atom is -0.351 e. The van der Waals surface area contributed by atoms with Crippen molar-refractivity contribution < 1.29 is 4.79 Å². The standard InChI is InChI=1S/C19H25N5O2.ClH/c1-14-5-10-24(13-15-3-2-6-20-11-15)19(26)17(14)18(25)23-7-4-16-12-21-8-9-22-16;/h5,8-10,12,15,20H,2-4,6-7,11,13H2,1H3,(H,23,25);1H. The molecule has 7 nitrogen and oxygen atoms in total. The Morgan fingerprint density at radius 2 is 2.26 bits per heavy atom. The summed E-state index contributed by atoms with van der Waals surface area (Å²) in [6, 6.07) is 1.84. The number of rotatable bonds is 6. The van der Waals surface area contributed by atoms with Crippen molar-refractivity contribution in [1.82, 2.24) is 25.2 Å². The molecule has 0 saturated carbocycles. The summed E-state index contributed by atoms with van der Waals surface area (Å²) in [5.74, 6) is 0.101. The minimum atomic E-state index is -0.326. The lowest BCUT2D eigenvalue weighted by atomic mass is 9.99. The predicted octanol–water partition coefficient (Wildman–Crippen LogP) is 1.34. The highest BCUT2D eigenvalue weighted by molar-refractivity contribution is 5.95. The molecule has 3 rings (SSSR count). The molecule has 27 heavy (non-hydrogen) atoms. The number of halogens is 1. The van der Waals surface area contributed by atoms with Crippen LogP contribution in [0, 0.1) is 12.8 Å². The number of aromatic nitrogens is 3. The van der Waals surface area contributed by atoms with Crippen LogP contribution in [0.5, 0.6) is 0 Å². The van der Waals surface area contributed by atoms with Gasteiger partial charge in [-0.15, -0.1) is 12.4 Å². The molecule has 146 valence electrons. The van der Waals surface area contributed by atoms with Gasteiger partial charge < -0.3 is 15.2 Å². The van der Waals surface area contributed by atoms with Crippen molar-refractivity contribution in [2.24, 2.45) is 5.92 Å². The second-order valence-electron chi connectivity index (χ2n) is 6.75. The number of pyridine rings is 1. The summed E-state index contributed by atoms with van der Waals surface area (Å²) < 4.78 is 1.67. The highest BCUT2D eigenvalue weighted by atomic mass is 35.5. The Hall–Kier alpha value is -2.25. The van der Waals surface area contributed by atoms with Crippen LogP contribution in [-0.4, -0.2) is 40.1 Å². The van der Waals surface area contributed by atoms with Gasteiger partial charge in [-0.25, -0.2) is 0 Å². The molecule has 1 aliphatic rings. The van der Waals surface area contributed by atoms with E-state index in [-0.39, 0.29) is 29.4 Å². The number of carbonyl (C=O) groups is 1. The molecule has 1 aliphatic heterocycles. The first-order valence-electron chi connectivity index (χ1n) is 9.09. The van der Waals surface area contributed by atoms with Gasteiger partial charge >= 0.3 is 0 Å². The third-order valence-corrected chi connectivity index (χ3v) is 4.74. The lowest BCUT2D eigenvalue weighted by Gasteiger charge is -2.23. The molecule has 8 heteroatoms. The topological polar surface area (TPSA) is 88.9 Å². The Bertz CT molecular complexity index is 803. The molecule has 1 saturated heterocycles. The van der Waals surface area contributed by atoms with Crippen LogP contribution in [0.15, 0.2) is 35.6 Å². The molecule has 1 atom stereocenters. The number of nitrogens with one attached hydrogen (secondary N) is 2. The first-order chi connectivity index (χ1) is 12.6. The molecule has 0 aromatic carbocycles. The Balaban J connectivity index is 0.00000261. The summed E-state index contributed by atoms with van der Waals surface area (Å²) in [7, 11) is 0. The molecule has 0 aliphatic carbocycles. The van der Waals surface area contributed by atoms with E-state index < -0.39 is 0 Å². The van der Waals surface area contributed by atoms with Gasteiger partial charge in [0.15, 0.2) is 0 Å². The van der Waals surface area contributed by atoms with Gasteiger partial charge in [0.1, 0.15) is 5.56 Å². The minimum absolute atomic E-state index is 0. The van der Waals surface area contributed by atoms with Crippen molar-refractivity contribution >= 4 is 18.3 Å². The molecule has 2 aromatic heterocycles. The van der Waals surface area contributed by atoms with Crippen LogP contribution < -0.4 is 16.2 Å². The molecule has 0 radical (unpaired) electrons. The van der Waals surface area contributed by atoms with Gasteiger partial charge in [-0.05, 0) is 50.4 Å². The zero-order valence-electron chi connectivity index (χ0n) is 15.5. The molecule has 1 amide bonds. The smallest absolute Gasteiger partial charge is 0.263 e. The van der Waals surface area contributed by atoms with E-state index in [1.165, 1.54) is 0 Å². The third-order valence-electron chi connectivity index (χ3n) is 4.74. The summed E-state index contributed by atoms with van der Waals surface area (Å²) >= 11 is 0. The largest absolute Gasteiger partial charge is 0.351 e. The average molecular weight is 392 g/mol. The number of nitrogens with zero attached hydrogens (tertiary/aromatic N) is 3. The molecule has 1 fully saturated rings. The van der Waals surface area contributed by atoms with Gasteiger partial charge in [0.05, 0.1) is 5.69 Å². The maximum atomic E-state index is 12.8. The second-order valence-corrected chi connectivity index (χ2v) is 6.75. The van der Waals surface area contributed by atoms with E-state index >= 15 is 0 Å². The molecule has 2 aromatic rings. The Morgan fingerprint density at radius 3 is 2.96 bits per heavy atom. The zero-order chi connectivity index (χ0) is 18.4. The Kier molecular flexibility index (Phi) is 7.94. The van der Waals surface area contributed by atoms with E-state index in [0.29, 0.717) is 31.0 Å². The van der Waals surface area contributed by atoms with E-state index in [1.54, 1.807) is 36.3 Å². The first kappa shape index (κ1) is 21.1. The maximum absolute atomic E-state index is 12.8. The number of hydrogen-bond acceptors (Lipinski definition) is 5. The summed E-state index contributed by atoms with van der Waals surface area (Å²) in [6.07, 6.45) is 9.51. The molecule has 0 bridgehead atoms. The van der Waals surface area contributed by atoms with Gasteiger partial charge in [-0.3, -0.25) is 19.6 Å². The molecule has 2 N–H and O–H groups in total. The highest BCUT2D eigenvalue weighted by Gasteiger charge is 2.18. The van der Waals surface area contributed by atoms with Crippen molar-refractivity contribution in [2.75, 3.05) is 19.6 Å². The van der Waals surface area contributed by atoms with Crippen LogP contribution in [0.2, 0.25) is 0 Å². The Labute approximate surface area is 165 Å². The van der Waals surface area contributed by atoms with E-state index in [4.69, 9.17) is 0 Å². The number of carbonyl (C=O) groups excluding carboxylic acids is 1. The normalized spacial score (nSPS) is 16.4. The van der Waals surface area contributed by atoms with Gasteiger partial charge in [-0.1, -0.05) is 0 Å². The third kappa shape index (κ3) is 5.61. The summed E-state index contributed by atoms with van der Waals surface area (Å²) in [5.41, 5.74) is 1.52. The monoisotopic (exact) mass is 391 g/mol. The van der Waals surface area contributed by atoms with Crippen LogP contribution in [0.1, 0.15) is 34.5 Å². The highest BCUT2D eigenvalue weighted by Crippen LogP contribution is 2.12. The van der Waals surface area contributed by atoms with E-state index in [1.807, 2.05) is 6.07 Å². The predicted molar refractivity (Wildman–Crippen MR) is 106 cm³/mol. The molecule has 1 unspecified atom stereocenters. The Morgan fingerprint density at radius 1 is 1.41 bits per heavy atom. The van der Waals surface area contributed by atoms with Gasteiger partial charge in [0.2, 0.25) is 0 Å². The second kappa shape index (κ2) is 10.2. The lowest BCUT2D eigenvalue weighted by molar-refractivity contribution is 0.0951. The number of aryl methyl sites for hydroxylation is 1. The van der Waals surface area contributed by atoms with Gasteiger partial charge in [0, 0.05) is 44.3 Å². The average Bonchev–Trinajstić information content (AvgIpc) is 2.66. The van der Waals surface area contributed by atoms with Gasteiger partial charge in [0.25, 0.3) is 11.5 Å². The fourth-order valence-electron chi connectivity index (χ4n) is 3.29. The van der Waals surface area contributed by atoms with Crippen LogP contribution in [0.25, 0.3) is 0 Å². The fourth-order valence-corrected chi connectivity index (χ4v) is 3.29. The maximum Gasteiger partial charge on any atom is 0.263 e. The zero-order valence-corrected chi connectivity index (χ0v) is 16.3. The van der Waals surface area contributed by atoms with Crippen LogP contribution in [0.4, 0.5) is 0 Å². The SMILES string of the molecule is Cc1ccn(CC2CCCNC2)c(=O)c1C(=O)NCCc1cnccn1.Cl. The summed E-state index contributed by atoms with van der Waals surface area (Å²) in [5, 5.41) is 6.19. The summed E-state index contributed by atoms with van der Waals surface area (Å²) in [6.45, 7) is 4.81. The fraction of sp³-hybridized carbons (Fsp3) is 0.474. The molecule has 0 spiro atoms. The van der Waals surface area contributed by atoms with E-state index in [0.717, 1.165) is 31.6 Å². The van der Waals surface area contributed by atoms with Gasteiger partial charge in [-0.2, -0.15) is 0 Å². The first-order valence-corrected chi connectivity index (χ1v) is 9.09. The van der Waals surface area contributed by atoms with Crippen molar-refractivity contribution in [3.05, 3.63) is 58.0 Å². The molecular weight excluding hydrogens is 366 g/mol. The molecular formula is C19H26ClN5O2. The molecule has 3 heterocycles. The number of piperidine rings is 1. The van der Waals surface area contributed by atoms with Crippen LogP contribution in [-0.2, 0) is 13.0 Å². The number of amides is 1. The van der Waals surface area contributed by atoms with Crippen molar-refractivity contribution in [1.29, 1.82) is 0 Å². The number of hydrogen-bond donors (Lipinski definition) is 2. The van der Waals surface area contributed by atoms with E-state index in [9.17, 15) is 9.59 Å². The lowest BCUT2D eigenvalue weighted by Crippen LogP contribution is -2.38.